The van der Waals surface area contributed by atoms with Crippen molar-refractivity contribution in [1.29, 1.82) is 0 Å². The molecule has 0 aliphatic rings. The molecule has 0 atom stereocenters. The Kier molecular flexibility index (Phi) is 4.34. The van der Waals surface area contributed by atoms with Gasteiger partial charge in [-0.15, -0.1) is 0 Å². The molecule has 1 aromatic carbocycles. The standard InChI is InChI=1S/C14H13BrN2O3/c1-8(2)13-16-7-11(12(17-13)14(18)19)20-10-5-3-9(15)4-6-10/h3-8H,1-2H3,(H,18,19). The highest BCUT2D eigenvalue weighted by atomic mass is 79.9. The normalized spacial score (nSPS) is 10.6. The lowest BCUT2D eigenvalue weighted by Crippen LogP contribution is -2.08. The van der Waals surface area contributed by atoms with E-state index in [-0.39, 0.29) is 17.4 Å². The van der Waals surface area contributed by atoms with Crippen LogP contribution in [0.1, 0.15) is 36.1 Å². The Bertz CT molecular complexity index is 627. The van der Waals surface area contributed by atoms with Gasteiger partial charge in [0.25, 0.3) is 0 Å². The molecule has 104 valence electrons. The summed E-state index contributed by atoms with van der Waals surface area (Å²) in [6, 6.07) is 7.07. The summed E-state index contributed by atoms with van der Waals surface area (Å²) < 4.78 is 6.45. The number of ether oxygens (including phenoxy) is 1. The first-order chi connectivity index (χ1) is 9.47. The van der Waals surface area contributed by atoms with Crippen LogP contribution in [-0.2, 0) is 0 Å². The number of nitrogens with zero attached hydrogens (tertiary/aromatic N) is 2. The fourth-order valence-electron chi connectivity index (χ4n) is 1.52. The van der Waals surface area contributed by atoms with E-state index in [9.17, 15) is 9.90 Å². The maximum absolute atomic E-state index is 11.3. The van der Waals surface area contributed by atoms with E-state index in [1.54, 1.807) is 24.3 Å². The number of hydrogen-bond acceptors (Lipinski definition) is 4. The summed E-state index contributed by atoms with van der Waals surface area (Å²) in [7, 11) is 0. The first-order valence-electron chi connectivity index (χ1n) is 6.01. The lowest BCUT2D eigenvalue weighted by atomic mass is 10.2. The lowest BCUT2D eigenvalue weighted by molar-refractivity contribution is 0.0686. The molecule has 0 aliphatic heterocycles. The van der Waals surface area contributed by atoms with E-state index >= 15 is 0 Å². The topological polar surface area (TPSA) is 72.3 Å². The van der Waals surface area contributed by atoms with E-state index in [0.29, 0.717) is 11.6 Å². The van der Waals surface area contributed by atoms with Crippen LogP contribution in [0.3, 0.4) is 0 Å². The number of aromatic nitrogens is 2. The number of carboxylic acids is 1. The highest BCUT2D eigenvalue weighted by Crippen LogP contribution is 2.26. The quantitative estimate of drug-likeness (QED) is 0.917. The predicted molar refractivity (Wildman–Crippen MR) is 77.3 cm³/mol. The van der Waals surface area contributed by atoms with Crippen molar-refractivity contribution in [1.82, 2.24) is 9.97 Å². The average Bonchev–Trinajstić information content (AvgIpc) is 2.41. The Morgan fingerprint density at radius 2 is 1.95 bits per heavy atom. The van der Waals surface area contributed by atoms with Crippen LogP contribution in [0, 0.1) is 0 Å². The van der Waals surface area contributed by atoms with E-state index in [2.05, 4.69) is 25.9 Å². The second kappa shape index (κ2) is 6.00. The molecule has 0 saturated carbocycles. The number of carboxylic acid groups (broad SMARTS) is 1. The Balaban J connectivity index is 2.35. The molecule has 2 rings (SSSR count). The summed E-state index contributed by atoms with van der Waals surface area (Å²) in [4.78, 5) is 19.4. The first-order valence-corrected chi connectivity index (χ1v) is 6.80. The van der Waals surface area contributed by atoms with Crippen molar-refractivity contribution in [2.45, 2.75) is 19.8 Å². The molecule has 0 amide bonds. The zero-order valence-corrected chi connectivity index (χ0v) is 12.6. The van der Waals surface area contributed by atoms with Crippen molar-refractivity contribution in [3.05, 3.63) is 46.5 Å². The van der Waals surface area contributed by atoms with Crippen LogP contribution in [-0.4, -0.2) is 21.0 Å². The lowest BCUT2D eigenvalue weighted by Gasteiger charge is -2.10. The maximum Gasteiger partial charge on any atom is 0.358 e. The molecule has 1 aromatic heterocycles. The Morgan fingerprint density at radius 3 is 2.50 bits per heavy atom. The molecule has 0 bridgehead atoms. The minimum absolute atomic E-state index is 0.0508. The minimum Gasteiger partial charge on any atom is -0.476 e. The molecule has 0 aliphatic carbocycles. The molecule has 0 radical (unpaired) electrons. The molecule has 0 spiro atoms. The Morgan fingerprint density at radius 1 is 1.30 bits per heavy atom. The number of rotatable bonds is 4. The van der Waals surface area contributed by atoms with Gasteiger partial charge in [-0.25, -0.2) is 14.8 Å². The van der Waals surface area contributed by atoms with Gasteiger partial charge < -0.3 is 9.84 Å². The van der Waals surface area contributed by atoms with Gasteiger partial charge in [-0.05, 0) is 24.3 Å². The van der Waals surface area contributed by atoms with E-state index in [1.165, 1.54) is 6.20 Å². The molecule has 0 saturated heterocycles. The fourth-order valence-corrected chi connectivity index (χ4v) is 1.78. The van der Waals surface area contributed by atoms with Crippen molar-refractivity contribution in [2.24, 2.45) is 0 Å². The second-order valence-electron chi connectivity index (χ2n) is 4.46. The number of aromatic carboxylic acids is 1. The van der Waals surface area contributed by atoms with Crippen LogP contribution in [0.15, 0.2) is 34.9 Å². The molecule has 0 fully saturated rings. The van der Waals surface area contributed by atoms with E-state index in [1.807, 2.05) is 13.8 Å². The van der Waals surface area contributed by atoms with Gasteiger partial charge in [-0.2, -0.15) is 0 Å². The molecular weight excluding hydrogens is 324 g/mol. The number of halogens is 1. The second-order valence-corrected chi connectivity index (χ2v) is 5.37. The Labute approximate surface area is 124 Å². The SMILES string of the molecule is CC(C)c1ncc(Oc2ccc(Br)cc2)c(C(=O)O)n1. The van der Waals surface area contributed by atoms with Crippen LogP contribution in [0.2, 0.25) is 0 Å². The van der Waals surface area contributed by atoms with Crippen LogP contribution in [0.5, 0.6) is 11.5 Å². The smallest absolute Gasteiger partial charge is 0.358 e. The van der Waals surface area contributed by atoms with Crippen molar-refractivity contribution >= 4 is 21.9 Å². The van der Waals surface area contributed by atoms with Crippen molar-refractivity contribution < 1.29 is 14.6 Å². The molecule has 5 nitrogen and oxygen atoms in total. The summed E-state index contributed by atoms with van der Waals surface area (Å²) in [5, 5.41) is 9.22. The third-order valence-corrected chi connectivity index (χ3v) is 3.06. The van der Waals surface area contributed by atoms with Crippen LogP contribution in [0.25, 0.3) is 0 Å². The molecular formula is C14H13BrN2O3. The number of benzene rings is 1. The summed E-state index contributed by atoms with van der Waals surface area (Å²) >= 11 is 3.32. The molecule has 0 unspecified atom stereocenters. The summed E-state index contributed by atoms with van der Waals surface area (Å²) in [6.45, 7) is 3.80. The van der Waals surface area contributed by atoms with Crippen LogP contribution >= 0.6 is 15.9 Å². The monoisotopic (exact) mass is 336 g/mol. The van der Waals surface area contributed by atoms with Crippen LogP contribution < -0.4 is 4.74 Å². The summed E-state index contributed by atoms with van der Waals surface area (Å²) in [6.07, 6.45) is 1.40. The Hall–Kier alpha value is -1.95. The highest BCUT2D eigenvalue weighted by molar-refractivity contribution is 9.10. The zero-order valence-electron chi connectivity index (χ0n) is 11.0. The molecule has 20 heavy (non-hydrogen) atoms. The van der Waals surface area contributed by atoms with Gasteiger partial charge in [0.05, 0.1) is 6.20 Å². The van der Waals surface area contributed by atoms with E-state index in [4.69, 9.17) is 4.74 Å². The fraction of sp³-hybridized carbons (Fsp3) is 0.214. The van der Waals surface area contributed by atoms with Gasteiger partial charge in [-0.3, -0.25) is 0 Å². The molecule has 1 N–H and O–H groups in total. The van der Waals surface area contributed by atoms with E-state index in [0.717, 1.165) is 4.47 Å². The summed E-state index contributed by atoms with van der Waals surface area (Å²) in [5.74, 6) is 0.0441. The van der Waals surface area contributed by atoms with Gasteiger partial charge in [0.2, 0.25) is 0 Å². The minimum atomic E-state index is -1.14. The summed E-state index contributed by atoms with van der Waals surface area (Å²) in [5.41, 5.74) is -0.133. The van der Waals surface area contributed by atoms with Gasteiger partial charge in [0, 0.05) is 10.4 Å². The van der Waals surface area contributed by atoms with Gasteiger partial charge in [0.15, 0.2) is 11.4 Å². The maximum atomic E-state index is 11.3. The average molecular weight is 337 g/mol. The van der Waals surface area contributed by atoms with E-state index < -0.39 is 5.97 Å². The van der Waals surface area contributed by atoms with Gasteiger partial charge in [0.1, 0.15) is 11.6 Å². The van der Waals surface area contributed by atoms with Crippen molar-refractivity contribution in [3.63, 3.8) is 0 Å². The first kappa shape index (κ1) is 14.5. The molecule has 1 heterocycles. The highest BCUT2D eigenvalue weighted by Gasteiger charge is 2.17. The van der Waals surface area contributed by atoms with Gasteiger partial charge in [-0.1, -0.05) is 29.8 Å². The zero-order chi connectivity index (χ0) is 14.7. The van der Waals surface area contributed by atoms with Gasteiger partial charge >= 0.3 is 5.97 Å². The number of hydrogen-bond donors (Lipinski definition) is 1. The predicted octanol–water partition coefficient (Wildman–Crippen LogP) is 3.85. The van der Waals surface area contributed by atoms with Crippen molar-refractivity contribution in [2.75, 3.05) is 0 Å². The largest absolute Gasteiger partial charge is 0.476 e. The van der Waals surface area contributed by atoms with Crippen LogP contribution in [0.4, 0.5) is 0 Å². The molecule has 2 aromatic rings. The third-order valence-electron chi connectivity index (χ3n) is 2.53. The third kappa shape index (κ3) is 3.33. The number of carbonyl (C=O) groups is 1. The molecule has 6 heteroatoms. The van der Waals surface area contributed by atoms with Crippen molar-refractivity contribution in [3.8, 4) is 11.5 Å².